The molecule has 1 N–H and O–H groups in total. The average molecular weight is 277 g/mol. The van der Waals surface area contributed by atoms with E-state index in [1.165, 1.54) is 12.1 Å². The van der Waals surface area contributed by atoms with Gasteiger partial charge in [0.25, 0.3) is 0 Å². The van der Waals surface area contributed by atoms with Crippen LogP contribution in [0.3, 0.4) is 0 Å². The van der Waals surface area contributed by atoms with Crippen molar-refractivity contribution in [1.29, 1.82) is 0 Å². The molecule has 1 fully saturated rings. The Bertz CT molecular complexity index is 595. The molecule has 1 aliphatic heterocycles. The average Bonchev–Trinajstić information content (AvgIpc) is 3.01. The highest BCUT2D eigenvalue weighted by Crippen LogP contribution is 2.34. The standard InChI is InChI=1S/C16H20FNO2/c1-3-18-15(16-10(2)6-7-19-16)14-9-11-8-12(17)4-5-13(11)20-14/h4-5,8-10,15-16,18H,3,6-7H2,1-2H3. The van der Waals surface area contributed by atoms with Gasteiger partial charge in [-0.1, -0.05) is 13.8 Å². The van der Waals surface area contributed by atoms with E-state index in [0.29, 0.717) is 5.92 Å². The molecule has 4 heteroatoms. The molecule has 1 aromatic carbocycles. The van der Waals surface area contributed by atoms with Crippen molar-refractivity contribution in [2.75, 3.05) is 13.2 Å². The topological polar surface area (TPSA) is 34.4 Å². The van der Waals surface area contributed by atoms with Crippen LogP contribution < -0.4 is 5.32 Å². The smallest absolute Gasteiger partial charge is 0.134 e. The van der Waals surface area contributed by atoms with Gasteiger partial charge in [0.05, 0.1) is 12.1 Å². The molecule has 0 radical (unpaired) electrons. The van der Waals surface area contributed by atoms with E-state index in [9.17, 15) is 4.39 Å². The minimum absolute atomic E-state index is 0.0213. The summed E-state index contributed by atoms with van der Waals surface area (Å²) >= 11 is 0. The molecule has 2 heterocycles. The summed E-state index contributed by atoms with van der Waals surface area (Å²) < 4.78 is 25.0. The molecule has 1 aliphatic rings. The highest BCUT2D eigenvalue weighted by Gasteiger charge is 2.34. The lowest BCUT2D eigenvalue weighted by Gasteiger charge is -2.25. The van der Waals surface area contributed by atoms with E-state index < -0.39 is 0 Å². The SMILES string of the molecule is CCNC(c1cc2cc(F)ccc2o1)C1OCCC1C. The highest BCUT2D eigenvalue weighted by atomic mass is 19.1. The first kappa shape index (κ1) is 13.6. The summed E-state index contributed by atoms with van der Waals surface area (Å²) in [4.78, 5) is 0. The quantitative estimate of drug-likeness (QED) is 0.926. The number of fused-ring (bicyclic) bond motifs is 1. The summed E-state index contributed by atoms with van der Waals surface area (Å²) in [6.45, 7) is 5.89. The summed E-state index contributed by atoms with van der Waals surface area (Å²) in [5.74, 6) is 1.07. The first-order valence-corrected chi connectivity index (χ1v) is 7.23. The largest absolute Gasteiger partial charge is 0.459 e. The maximum atomic E-state index is 13.3. The third-order valence-corrected chi connectivity index (χ3v) is 4.00. The summed E-state index contributed by atoms with van der Waals surface area (Å²) in [5.41, 5.74) is 0.718. The van der Waals surface area contributed by atoms with Crippen molar-refractivity contribution in [3.8, 4) is 0 Å². The zero-order chi connectivity index (χ0) is 14.1. The fourth-order valence-electron chi connectivity index (χ4n) is 2.93. The van der Waals surface area contributed by atoms with E-state index in [4.69, 9.17) is 9.15 Å². The Kier molecular flexibility index (Phi) is 3.76. The molecule has 0 saturated carbocycles. The lowest BCUT2D eigenvalue weighted by atomic mass is 9.96. The van der Waals surface area contributed by atoms with Crippen LogP contribution in [0.4, 0.5) is 4.39 Å². The summed E-state index contributed by atoms with van der Waals surface area (Å²) in [5, 5.41) is 4.23. The van der Waals surface area contributed by atoms with E-state index in [0.717, 1.165) is 36.3 Å². The van der Waals surface area contributed by atoms with Gasteiger partial charge in [0, 0.05) is 12.0 Å². The number of halogens is 1. The van der Waals surface area contributed by atoms with Crippen LogP contribution >= 0.6 is 0 Å². The van der Waals surface area contributed by atoms with Gasteiger partial charge >= 0.3 is 0 Å². The van der Waals surface area contributed by atoms with E-state index in [1.807, 2.05) is 6.07 Å². The van der Waals surface area contributed by atoms with Crippen LogP contribution in [0.15, 0.2) is 28.7 Å². The molecular weight excluding hydrogens is 257 g/mol. The number of likely N-dealkylation sites (N-methyl/N-ethyl adjacent to an activating group) is 1. The van der Waals surface area contributed by atoms with Crippen LogP contribution in [-0.4, -0.2) is 19.3 Å². The number of ether oxygens (including phenoxy) is 1. The molecule has 108 valence electrons. The van der Waals surface area contributed by atoms with Crippen molar-refractivity contribution in [3.63, 3.8) is 0 Å². The molecule has 20 heavy (non-hydrogen) atoms. The van der Waals surface area contributed by atoms with E-state index >= 15 is 0 Å². The van der Waals surface area contributed by atoms with Crippen molar-refractivity contribution in [1.82, 2.24) is 5.32 Å². The maximum absolute atomic E-state index is 13.3. The third kappa shape index (κ3) is 2.45. The fourth-order valence-corrected chi connectivity index (χ4v) is 2.93. The summed E-state index contributed by atoms with van der Waals surface area (Å²) in [7, 11) is 0. The Morgan fingerprint density at radius 1 is 1.40 bits per heavy atom. The van der Waals surface area contributed by atoms with Crippen molar-refractivity contribution in [2.24, 2.45) is 5.92 Å². The zero-order valence-electron chi connectivity index (χ0n) is 11.9. The van der Waals surface area contributed by atoms with Gasteiger partial charge in [0.2, 0.25) is 0 Å². The lowest BCUT2D eigenvalue weighted by Crippen LogP contribution is -2.34. The van der Waals surface area contributed by atoms with Crippen LogP contribution in [0, 0.1) is 11.7 Å². The van der Waals surface area contributed by atoms with Gasteiger partial charge in [0.1, 0.15) is 17.2 Å². The Morgan fingerprint density at radius 3 is 2.95 bits per heavy atom. The van der Waals surface area contributed by atoms with Gasteiger partial charge in [-0.2, -0.15) is 0 Å². The first-order valence-electron chi connectivity index (χ1n) is 7.23. The molecule has 0 spiro atoms. The molecule has 2 aromatic rings. The van der Waals surface area contributed by atoms with E-state index in [1.54, 1.807) is 6.07 Å². The summed E-state index contributed by atoms with van der Waals surface area (Å²) in [6, 6.07) is 6.54. The predicted octanol–water partition coefficient (Wildman–Crippen LogP) is 3.65. The van der Waals surface area contributed by atoms with Crippen LogP contribution in [0.1, 0.15) is 32.1 Å². The minimum atomic E-state index is -0.240. The molecule has 0 bridgehead atoms. The van der Waals surface area contributed by atoms with Crippen LogP contribution in [0.2, 0.25) is 0 Å². The van der Waals surface area contributed by atoms with Gasteiger partial charge < -0.3 is 14.5 Å². The lowest BCUT2D eigenvalue weighted by molar-refractivity contribution is 0.0549. The van der Waals surface area contributed by atoms with Gasteiger partial charge in [-0.25, -0.2) is 4.39 Å². The number of hydrogen-bond donors (Lipinski definition) is 1. The van der Waals surface area contributed by atoms with Crippen molar-refractivity contribution < 1.29 is 13.5 Å². The first-order chi connectivity index (χ1) is 9.69. The third-order valence-electron chi connectivity index (χ3n) is 4.00. The molecule has 3 rings (SSSR count). The van der Waals surface area contributed by atoms with Crippen molar-refractivity contribution in [3.05, 3.63) is 35.8 Å². The Hall–Kier alpha value is -1.39. The molecule has 3 atom stereocenters. The molecule has 3 nitrogen and oxygen atoms in total. The van der Waals surface area contributed by atoms with Gasteiger partial charge in [-0.3, -0.25) is 0 Å². The second kappa shape index (κ2) is 5.54. The van der Waals surface area contributed by atoms with Crippen molar-refractivity contribution >= 4 is 11.0 Å². The molecule has 1 saturated heterocycles. The molecular formula is C16H20FNO2. The summed E-state index contributed by atoms with van der Waals surface area (Å²) in [6.07, 6.45) is 1.18. The monoisotopic (exact) mass is 277 g/mol. The van der Waals surface area contributed by atoms with Crippen LogP contribution in [-0.2, 0) is 4.74 Å². The maximum Gasteiger partial charge on any atom is 0.134 e. The number of rotatable bonds is 4. The van der Waals surface area contributed by atoms with Crippen LogP contribution in [0.5, 0.6) is 0 Å². The van der Waals surface area contributed by atoms with E-state index in [2.05, 4.69) is 19.2 Å². The molecule has 0 aliphatic carbocycles. The number of nitrogens with one attached hydrogen (secondary N) is 1. The highest BCUT2D eigenvalue weighted by molar-refractivity contribution is 5.78. The zero-order valence-corrected chi connectivity index (χ0v) is 11.9. The van der Waals surface area contributed by atoms with Gasteiger partial charge in [0.15, 0.2) is 0 Å². The predicted molar refractivity (Wildman–Crippen MR) is 76.1 cm³/mol. The number of benzene rings is 1. The Labute approximate surface area is 118 Å². The van der Waals surface area contributed by atoms with E-state index in [-0.39, 0.29) is 18.0 Å². The molecule has 1 aromatic heterocycles. The number of hydrogen-bond acceptors (Lipinski definition) is 3. The minimum Gasteiger partial charge on any atom is -0.459 e. The normalized spacial score (nSPS) is 24.4. The van der Waals surface area contributed by atoms with Gasteiger partial charge in [-0.15, -0.1) is 0 Å². The fraction of sp³-hybridized carbons (Fsp3) is 0.500. The second-order valence-corrected chi connectivity index (χ2v) is 5.47. The number of furan rings is 1. The van der Waals surface area contributed by atoms with Crippen molar-refractivity contribution in [2.45, 2.75) is 32.4 Å². The van der Waals surface area contributed by atoms with Crippen LogP contribution in [0.25, 0.3) is 11.0 Å². The Balaban J connectivity index is 1.96. The molecule has 3 unspecified atom stereocenters. The molecule has 0 amide bonds. The Morgan fingerprint density at radius 2 is 2.25 bits per heavy atom. The second-order valence-electron chi connectivity index (χ2n) is 5.47. The van der Waals surface area contributed by atoms with Gasteiger partial charge in [-0.05, 0) is 43.1 Å².